The molecule has 5 aliphatic heterocycles. The van der Waals surface area contributed by atoms with Gasteiger partial charge in [-0.25, -0.2) is 4.79 Å². The molecule has 116 heavy (non-hydrogen) atoms. The number of carboxylic acids is 1. The minimum atomic E-state index is -3.27. The Hall–Kier alpha value is -3.46. The maximum Gasteiger partial charge on any atom is 0.364 e. The number of hydrogen-bond donors (Lipinski definition) is 21. The maximum absolute atomic E-state index is 13.6. The standard InChI is InChI=1S/C81H147N3O32/c1-4-6-8-10-12-14-16-18-19-20-21-22-23-24-25-26-27-29-31-33-35-37-39-41-59(95)83-51(52(92)40-38-36-34-32-30-28-17-15-13-11-9-7-5-2)49-107-77-68(102)66(100)72(57(46-88)110-77)113-78-69(103)67(101)71(58(47-89)111-78)112-76-62(82-50(3)91)73(64(98)55(44-86)108-76)114-79-70(104)75(65(99)56(45-87)109-79)116-81(80(105)106)42-53(93)61(84-60(96)48-90)74(115-81)63(97)54(94)43-85/h38,40,51-58,61-79,85-90,92-94,97-104H,4-37,39,41-49H2,1-3H3,(H,82,91)(H,83,95)(H,84,96)(H,105,106)/b40-38+/t51-,52+,53?,54+,55?,56?,57?,58?,61+,62?,63+,64-,65-,66+,67+,68?,69?,70?,71-,72+,73+,74?,75-,76-,77+,78-,79-,81-/m0/s1. The molecule has 10 unspecified atom stereocenters. The molecule has 28 atom stereocenters. The summed E-state index contributed by atoms with van der Waals surface area (Å²) in [6.45, 7) is -1.62. The fourth-order valence-electron chi connectivity index (χ4n) is 15.7. The second-order valence-electron chi connectivity index (χ2n) is 32.1. The molecule has 5 heterocycles. The van der Waals surface area contributed by atoms with Crippen LogP contribution in [0, 0.1) is 0 Å². The Kier molecular flexibility index (Phi) is 50.7. The van der Waals surface area contributed by atoms with Crippen molar-refractivity contribution in [1.82, 2.24) is 16.0 Å². The van der Waals surface area contributed by atoms with Crippen LogP contribution in [0.3, 0.4) is 0 Å². The molecule has 35 nitrogen and oxygen atoms in total. The van der Waals surface area contributed by atoms with E-state index in [4.69, 9.17) is 47.4 Å². The summed E-state index contributed by atoms with van der Waals surface area (Å²) in [5, 5.41) is 206. The van der Waals surface area contributed by atoms with Gasteiger partial charge in [0.05, 0.1) is 63.9 Å². The van der Waals surface area contributed by atoms with Crippen molar-refractivity contribution in [2.24, 2.45) is 0 Å². The highest BCUT2D eigenvalue weighted by Gasteiger charge is 2.61. The molecular weight excluding hydrogens is 1530 g/mol. The van der Waals surface area contributed by atoms with Gasteiger partial charge in [0, 0.05) is 19.8 Å². The number of unbranched alkanes of at least 4 members (excludes halogenated alkanes) is 33. The normalized spacial score (nSPS) is 32.8. The van der Waals surface area contributed by atoms with Gasteiger partial charge in [-0.2, -0.15) is 0 Å². The third-order valence-electron chi connectivity index (χ3n) is 22.7. The van der Waals surface area contributed by atoms with Crippen molar-refractivity contribution in [3.63, 3.8) is 0 Å². The molecule has 5 aliphatic rings. The number of amides is 3. The van der Waals surface area contributed by atoms with Crippen molar-refractivity contribution in [2.75, 3.05) is 46.2 Å². The molecule has 5 saturated heterocycles. The Morgan fingerprint density at radius 3 is 1.31 bits per heavy atom. The van der Waals surface area contributed by atoms with Gasteiger partial charge in [0.1, 0.15) is 123 Å². The molecule has 0 aliphatic carbocycles. The summed E-state index contributed by atoms with van der Waals surface area (Å²) in [6, 6.07) is -4.77. The molecule has 35 heteroatoms. The van der Waals surface area contributed by atoms with E-state index >= 15 is 0 Å². The Bertz CT molecular complexity index is 2670. The molecule has 0 aromatic rings. The van der Waals surface area contributed by atoms with Crippen molar-refractivity contribution in [1.29, 1.82) is 0 Å². The maximum atomic E-state index is 13.6. The van der Waals surface area contributed by atoms with Gasteiger partial charge in [-0.3, -0.25) is 14.4 Å². The van der Waals surface area contributed by atoms with Crippen LogP contribution >= 0.6 is 0 Å². The third-order valence-corrected chi connectivity index (χ3v) is 22.7. The van der Waals surface area contributed by atoms with Gasteiger partial charge in [0.15, 0.2) is 25.2 Å². The molecule has 0 saturated carbocycles. The number of carbonyl (C=O) groups is 4. The summed E-state index contributed by atoms with van der Waals surface area (Å²) in [5.74, 6) is -7.83. The molecular formula is C81H147N3O32. The van der Waals surface area contributed by atoms with Crippen molar-refractivity contribution in [3.8, 4) is 0 Å². The van der Waals surface area contributed by atoms with Crippen LogP contribution in [0.5, 0.6) is 0 Å². The van der Waals surface area contributed by atoms with Crippen molar-refractivity contribution < 1.29 is 158 Å². The van der Waals surface area contributed by atoms with E-state index in [0.717, 1.165) is 58.3 Å². The van der Waals surface area contributed by atoms with Gasteiger partial charge in [-0.15, -0.1) is 0 Å². The largest absolute Gasteiger partial charge is 0.477 e. The first-order chi connectivity index (χ1) is 55.8. The SMILES string of the molecule is CCCCCCCCCCCCC/C=C/[C@@H](O)[C@H](CO[C@@H]1OC(CO)[C@@H](O[C@@H]2OC(CO)[C@H](O[C@@H]3OC(CO)[C@H](O)[C@H](O[C@@H]4OC(CO)[C@H](O)[C@H](O[C@]5(C(=O)O)CC(O)[C@@H](NC(=O)CO)C([C@H](O)[C@H](O)CO)O5)C4O)C3NC(C)=O)[C@H](O)C2O)[C@H](O)C1O)NC(=O)CCCCCCCCCCCCCCCCCCCCCCCCC. The Morgan fingerprint density at radius 2 is 0.862 bits per heavy atom. The lowest BCUT2D eigenvalue weighted by Gasteiger charge is -2.51. The molecule has 3 amide bonds. The smallest absolute Gasteiger partial charge is 0.364 e. The van der Waals surface area contributed by atoms with Crippen molar-refractivity contribution >= 4 is 23.7 Å². The first-order valence-electron chi connectivity index (χ1n) is 43.3. The lowest BCUT2D eigenvalue weighted by molar-refractivity contribution is -0.389. The van der Waals surface area contributed by atoms with Crippen LogP contribution in [0.1, 0.15) is 258 Å². The number of allylic oxidation sites excluding steroid dienone is 1. The van der Waals surface area contributed by atoms with Crippen LogP contribution in [0.2, 0.25) is 0 Å². The Morgan fingerprint density at radius 1 is 0.457 bits per heavy atom. The lowest BCUT2D eigenvalue weighted by atomic mass is 9.88. The molecule has 0 radical (unpaired) electrons. The number of aliphatic hydroxyl groups is 17. The average molecular weight is 1680 g/mol. The molecule has 21 N–H and O–H groups in total. The number of aliphatic carboxylic acids is 1. The summed E-state index contributed by atoms with van der Waals surface area (Å²) in [7, 11) is 0. The van der Waals surface area contributed by atoms with E-state index in [2.05, 4.69) is 29.8 Å². The van der Waals surface area contributed by atoms with Gasteiger partial charge < -0.3 is 155 Å². The molecule has 5 rings (SSSR count). The molecule has 0 bridgehead atoms. The second-order valence-corrected chi connectivity index (χ2v) is 32.1. The number of rotatable bonds is 61. The average Bonchev–Trinajstić information content (AvgIpc) is 0.753. The Balaban J connectivity index is 1.19. The van der Waals surface area contributed by atoms with Crippen LogP contribution < -0.4 is 16.0 Å². The minimum absolute atomic E-state index is 0.175. The van der Waals surface area contributed by atoms with Gasteiger partial charge in [0.2, 0.25) is 17.7 Å². The van der Waals surface area contributed by atoms with E-state index in [1.54, 1.807) is 6.08 Å². The number of aliphatic hydroxyl groups excluding tert-OH is 17. The number of carboxylic acid groups (broad SMARTS) is 1. The van der Waals surface area contributed by atoms with E-state index in [9.17, 15) is 111 Å². The number of hydrogen-bond acceptors (Lipinski definition) is 31. The number of nitrogens with one attached hydrogen (secondary N) is 3. The summed E-state index contributed by atoms with van der Waals surface area (Å²) >= 11 is 0. The predicted octanol–water partition coefficient (Wildman–Crippen LogP) is 1.05. The van der Waals surface area contributed by atoms with E-state index in [1.165, 1.54) is 161 Å². The van der Waals surface area contributed by atoms with Crippen LogP contribution in [-0.4, -0.2) is 333 Å². The number of carbonyl (C=O) groups excluding carboxylic acids is 3. The van der Waals surface area contributed by atoms with Gasteiger partial charge >= 0.3 is 5.97 Å². The summed E-state index contributed by atoms with van der Waals surface area (Å²) in [5.41, 5.74) is 0. The van der Waals surface area contributed by atoms with Gasteiger partial charge in [-0.1, -0.05) is 231 Å². The van der Waals surface area contributed by atoms with E-state index < -0.39 is 242 Å². The zero-order valence-electron chi connectivity index (χ0n) is 68.6. The van der Waals surface area contributed by atoms with Crippen molar-refractivity contribution in [3.05, 3.63) is 12.2 Å². The number of ether oxygens (including phenoxy) is 10. The molecule has 0 aromatic heterocycles. The monoisotopic (exact) mass is 1670 g/mol. The van der Waals surface area contributed by atoms with Crippen LogP contribution in [0.25, 0.3) is 0 Å². The van der Waals surface area contributed by atoms with Crippen LogP contribution in [0.4, 0.5) is 0 Å². The van der Waals surface area contributed by atoms with E-state index in [-0.39, 0.29) is 12.3 Å². The molecule has 0 aromatic carbocycles. The minimum Gasteiger partial charge on any atom is -0.477 e. The fourth-order valence-corrected chi connectivity index (χ4v) is 15.7. The van der Waals surface area contributed by atoms with E-state index in [1.807, 2.05) is 6.08 Å². The summed E-state index contributed by atoms with van der Waals surface area (Å²) < 4.78 is 58.9. The molecule has 678 valence electrons. The fraction of sp³-hybridized carbons (Fsp3) is 0.926. The molecule has 5 fully saturated rings. The Labute approximate surface area is 683 Å². The highest BCUT2D eigenvalue weighted by atomic mass is 16.8. The quantitative estimate of drug-likeness (QED) is 0.0299. The lowest BCUT2D eigenvalue weighted by Crippen LogP contribution is -2.71. The zero-order chi connectivity index (χ0) is 85.1. The van der Waals surface area contributed by atoms with Crippen molar-refractivity contribution in [2.45, 2.75) is 429 Å². The first kappa shape index (κ1) is 103. The zero-order valence-corrected chi connectivity index (χ0v) is 68.6. The molecule has 0 spiro atoms. The highest BCUT2D eigenvalue weighted by molar-refractivity contribution is 5.78. The second kappa shape index (κ2) is 57.1. The summed E-state index contributed by atoms with van der Waals surface area (Å²) in [4.78, 5) is 52.1. The third kappa shape index (κ3) is 33.6. The van der Waals surface area contributed by atoms with E-state index in [0.29, 0.717) is 12.8 Å². The summed E-state index contributed by atoms with van der Waals surface area (Å²) in [6.07, 6.45) is -4.20. The van der Waals surface area contributed by atoms with Crippen LogP contribution in [-0.2, 0) is 66.5 Å². The van der Waals surface area contributed by atoms with Gasteiger partial charge in [0.25, 0.3) is 5.79 Å². The van der Waals surface area contributed by atoms with Gasteiger partial charge in [-0.05, 0) is 19.3 Å². The predicted molar refractivity (Wildman–Crippen MR) is 417 cm³/mol. The topological polar surface area (TPSA) is 561 Å². The first-order valence-corrected chi connectivity index (χ1v) is 43.3. The highest BCUT2D eigenvalue weighted by Crippen LogP contribution is 2.40. The van der Waals surface area contributed by atoms with Crippen LogP contribution in [0.15, 0.2) is 12.2 Å².